The zero-order chi connectivity index (χ0) is 14.5. The minimum absolute atomic E-state index is 0.119. The molecule has 0 unspecified atom stereocenters. The molecule has 0 aliphatic carbocycles. The summed E-state index contributed by atoms with van der Waals surface area (Å²) in [6, 6.07) is 0. The van der Waals surface area contributed by atoms with Crippen LogP contribution in [0.25, 0.3) is 0 Å². The Labute approximate surface area is 124 Å². The molecule has 2 rings (SSSR count). The van der Waals surface area contributed by atoms with Crippen LogP contribution in [0.2, 0.25) is 5.02 Å². The third-order valence-electron chi connectivity index (χ3n) is 3.30. The number of anilines is 2. The fraction of sp³-hybridized carbons (Fsp3) is 0.615. The van der Waals surface area contributed by atoms with E-state index in [1.165, 1.54) is 0 Å². The minimum Gasteiger partial charge on any atom is -0.354 e. The summed E-state index contributed by atoms with van der Waals surface area (Å²) in [6.45, 7) is 7.43. The fourth-order valence-electron chi connectivity index (χ4n) is 2.27. The minimum atomic E-state index is 0.119. The topological polar surface area (TPSA) is 61.4 Å². The Kier molecular flexibility index (Phi) is 5.00. The number of nitrogens with one attached hydrogen (secondary N) is 1. The summed E-state index contributed by atoms with van der Waals surface area (Å²) in [5.41, 5.74) is 0. The van der Waals surface area contributed by atoms with Gasteiger partial charge in [0, 0.05) is 39.6 Å². The first-order valence-corrected chi connectivity index (χ1v) is 7.26. The summed E-state index contributed by atoms with van der Waals surface area (Å²) in [6.07, 6.45) is 2.53. The van der Waals surface area contributed by atoms with Crippen LogP contribution < -0.4 is 10.2 Å². The summed E-state index contributed by atoms with van der Waals surface area (Å²) in [4.78, 5) is 24.0. The van der Waals surface area contributed by atoms with E-state index in [1.54, 1.807) is 13.1 Å². The number of rotatable bonds is 3. The molecule has 1 aliphatic rings. The normalized spacial score (nSPS) is 15.9. The van der Waals surface area contributed by atoms with Crippen LogP contribution in [0, 0.1) is 0 Å². The van der Waals surface area contributed by atoms with E-state index in [0.29, 0.717) is 17.5 Å². The highest BCUT2D eigenvalue weighted by Crippen LogP contribution is 2.24. The smallest absolute Gasteiger partial charge is 0.224 e. The summed E-state index contributed by atoms with van der Waals surface area (Å²) in [5, 5.41) is 3.63. The Bertz CT molecular complexity index is 482. The van der Waals surface area contributed by atoms with Crippen molar-refractivity contribution >= 4 is 29.3 Å². The number of halogens is 1. The molecule has 6 nitrogen and oxygen atoms in total. The predicted octanol–water partition coefficient (Wildman–Crippen LogP) is 1.62. The van der Waals surface area contributed by atoms with Crippen molar-refractivity contribution in [3.05, 3.63) is 11.2 Å². The molecule has 1 aromatic rings. The van der Waals surface area contributed by atoms with Gasteiger partial charge in [0.2, 0.25) is 11.9 Å². The molecule has 1 aliphatic heterocycles. The zero-order valence-electron chi connectivity index (χ0n) is 11.9. The lowest BCUT2D eigenvalue weighted by Gasteiger charge is -2.23. The van der Waals surface area contributed by atoms with Crippen molar-refractivity contribution in [3.8, 4) is 0 Å². The molecule has 110 valence electrons. The molecular formula is C13H20ClN5O. The van der Waals surface area contributed by atoms with E-state index in [4.69, 9.17) is 11.6 Å². The van der Waals surface area contributed by atoms with Crippen molar-refractivity contribution in [1.29, 1.82) is 0 Å². The average molecular weight is 298 g/mol. The highest BCUT2D eigenvalue weighted by molar-refractivity contribution is 6.32. The van der Waals surface area contributed by atoms with Crippen molar-refractivity contribution in [3.63, 3.8) is 0 Å². The first-order chi connectivity index (χ1) is 9.61. The first kappa shape index (κ1) is 14.8. The van der Waals surface area contributed by atoms with Crippen LogP contribution in [-0.4, -0.2) is 53.5 Å². The standard InChI is InChI=1S/C13H20ClN5O/c1-3-15-13-16-9-11(14)12(17-13)19-6-4-5-18(7-8-19)10(2)20/h9H,3-8H2,1-2H3,(H,15,16,17). The van der Waals surface area contributed by atoms with Gasteiger partial charge in [-0.15, -0.1) is 0 Å². The molecule has 0 aromatic carbocycles. The van der Waals surface area contributed by atoms with Gasteiger partial charge in [-0.2, -0.15) is 4.98 Å². The van der Waals surface area contributed by atoms with Crippen LogP contribution in [0.5, 0.6) is 0 Å². The van der Waals surface area contributed by atoms with Crippen LogP contribution in [-0.2, 0) is 4.79 Å². The van der Waals surface area contributed by atoms with Gasteiger partial charge in [-0.1, -0.05) is 11.6 Å². The summed E-state index contributed by atoms with van der Waals surface area (Å²) in [5.74, 6) is 1.44. The molecule has 7 heteroatoms. The number of hydrogen-bond donors (Lipinski definition) is 1. The van der Waals surface area contributed by atoms with Gasteiger partial charge in [-0.25, -0.2) is 4.98 Å². The molecule has 0 saturated carbocycles. The van der Waals surface area contributed by atoms with Gasteiger partial charge in [-0.3, -0.25) is 4.79 Å². The second-order valence-corrected chi connectivity index (χ2v) is 5.15. The van der Waals surface area contributed by atoms with Crippen molar-refractivity contribution in [1.82, 2.24) is 14.9 Å². The third-order valence-corrected chi connectivity index (χ3v) is 3.57. The summed E-state index contributed by atoms with van der Waals surface area (Å²) in [7, 11) is 0. The van der Waals surface area contributed by atoms with Crippen molar-refractivity contribution in [2.24, 2.45) is 0 Å². The van der Waals surface area contributed by atoms with E-state index in [9.17, 15) is 4.79 Å². The lowest BCUT2D eigenvalue weighted by Crippen LogP contribution is -2.34. The molecule has 20 heavy (non-hydrogen) atoms. The van der Waals surface area contributed by atoms with Gasteiger partial charge in [0.25, 0.3) is 0 Å². The van der Waals surface area contributed by atoms with Gasteiger partial charge in [0.15, 0.2) is 5.82 Å². The second-order valence-electron chi connectivity index (χ2n) is 4.74. The SMILES string of the molecule is CCNc1ncc(Cl)c(N2CCCN(C(C)=O)CC2)n1. The average Bonchev–Trinajstić information content (AvgIpc) is 2.67. The van der Waals surface area contributed by atoms with E-state index < -0.39 is 0 Å². The maximum atomic E-state index is 11.4. The number of aromatic nitrogens is 2. The number of amides is 1. The Morgan fingerprint density at radius 2 is 2.20 bits per heavy atom. The zero-order valence-corrected chi connectivity index (χ0v) is 12.7. The fourth-order valence-corrected chi connectivity index (χ4v) is 2.48. The lowest BCUT2D eigenvalue weighted by molar-refractivity contribution is -0.128. The summed E-state index contributed by atoms with van der Waals surface area (Å²) >= 11 is 6.21. The predicted molar refractivity (Wildman–Crippen MR) is 80.3 cm³/mol. The van der Waals surface area contributed by atoms with Crippen LogP contribution in [0.3, 0.4) is 0 Å². The van der Waals surface area contributed by atoms with Crippen molar-refractivity contribution in [2.75, 3.05) is 42.9 Å². The maximum Gasteiger partial charge on any atom is 0.224 e. The van der Waals surface area contributed by atoms with E-state index in [-0.39, 0.29) is 5.91 Å². The summed E-state index contributed by atoms with van der Waals surface area (Å²) < 4.78 is 0. The van der Waals surface area contributed by atoms with Gasteiger partial charge in [-0.05, 0) is 13.3 Å². The second kappa shape index (κ2) is 6.74. The number of hydrogen-bond acceptors (Lipinski definition) is 5. The maximum absolute atomic E-state index is 11.4. The Morgan fingerprint density at radius 3 is 2.90 bits per heavy atom. The quantitative estimate of drug-likeness (QED) is 0.918. The third kappa shape index (κ3) is 3.50. The molecular weight excluding hydrogens is 278 g/mol. The largest absolute Gasteiger partial charge is 0.354 e. The van der Waals surface area contributed by atoms with Gasteiger partial charge in [0.05, 0.1) is 6.20 Å². The van der Waals surface area contributed by atoms with Gasteiger partial charge in [0.1, 0.15) is 5.02 Å². The van der Waals surface area contributed by atoms with Crippen LogP contribution in [0.4, 0.5) is 11.8 Å². The molecule has 2 heterocycles. The molecule has 0 radical (unpaired) electrons. The number of nitrogens with zero attached hydrogens (tertiary/aromatic N) is 4. The van der Waals surface area contributed by atoms with Crippen LogP contribution in [0.15, 0.2) is 6.20 Å². The Morgan fingerprint density at radius 1 is 1.40 bits per heavy atom. The van der Waals surface area contributed by atoms with E-state index in [2.05, 4.69) is 20.2 Å². The molecule has 1 fully saturated rings. The molecule has 0 bridgehead atoms. The first-order valence-electron chi connectivity index (χ1n) is 6.88. The number of carbonyl (C=O) groups excluding carboxylic acids is 1. The van der Waals surface area contributed by atoms with E-state index in [1.807, 2.05) is 11.8 Å². The highest BCUT2D eigenvalue weighted by Gasteiger charge is 2.19. The Balaban J connectivity index is 2.14. The van der Waals surface area contributed by atoms with Crippen molar-refractivity contribution < 1.29 is 4.79 Å². The van der Waals surface area contributed by atoms with Gasteiger partial charge < -0.3 is 15.1 Å². The number of carbonyl (C=O) groups is 1. The lowest BCUT2D eigenvalue weighted by atomic mass is 10.3. The van der Waals surface area contributed by atoms with Crippen molar-refractivity contribution in [2.45, 2.75) is 20.3 Å². The Hall–Kier alpha value is -1.56. The monoisotopic (exact) mass is 297 g/mol. The molecule has 1 amide bonds. The molecule has 0 atom stereocenters. The van der Waals surface area contributed by atoms with E-state index in [0.717, 1.165) is 38.4 Å². The molecule has 0 spiro atoms. The van der Waals surface area contributed by atoms with Gasteiger partial charge >= 0.3 is 0 Å². The molecule has 1 aromatic heterocycles. The molecule has 1 saturated heterocycles. The van der Waals surface area contributed by atoms with E-state index >= 15 is 0 Å². The van der Waals surface area contributed by atoms with Crippen LogP contribution >= 0.6 is 11.6 Å². The molecule has 1 N–H and O–H groups in total. The highest BCUT2D eigenvalue weighted by atomic mass is 35.5. The van der Waals surface area contributed by atoms with Crippen LogP contribution in [0.1, 0.15) is 20.3 Å².